The summed E-state index contributed by atoms with van der Waals surface area (Å²) in [6, 6.07) is 8.83. The van der Waals surface area contributed by atoms with Gasteiger partial charge < -0.3 is 10.8 Å². The van der Waals surface area contributed by atoms with Crippen LogP contribution in [0.15, 0.2) is 30.3 Å². The number of benzene rings is 1. The molecule has 0 fully saturated rings. The molecular formula is C12H16NO4P. The van der Waals surface area contributed by atoms with Gasteiger partial charge in [0.2, 0.25) is 0 Å². The molecule has 5 nitrogen and oxygen atoms in total. The maximum absolute atomic E-state index is 11.3. The minimum absolute atomic E-state index is 0.137. The maximum Gasteiger partial charge on any atom is 0.327 e. The largest absolute Gasteiger partial charge is 0.481 e. The van der Waals surface area contributed by atoms with E-state index in [0.717, 1.165) is 5.56 Å². The first-order chi connectivity index (χ1) is 8.57. The summed E-state index contributed by atoms with van der Waals surface area (Å²) in [4.78, 5) is 11.3. The van der Waals surface area contributed by atoms with Crippen LogP contribution in [0.5, 0.6) is 0 Å². The average molecular weight is 269 g/mol. The van der Waals surface area contributed by atoms with Gasteiger partial charge in [-0.1, -0.05) is 30.3 Å². The van der Waals surface area contributed by atoms with E-state index in [1.807, 2.05) is 30.3 Å². The molecule has 0 saturated heterocycles. The van der Waals surface area contributed by atoms with Gasteiger partial charge in [0.1, 0.15) is 0 Å². The van der Waals surface area contributed by atoms with Crippen molar-refractivity contribution >= 4 is 14.7 Å². The van der Waals surface area contributed by atoms with Gasteiger partial charge in [-0.2, -0.15) is 0 Å². The van der Waals surface area contributed by atoms with Crippen molar-refractivity contribution in [2.24, 2.45) is 11.7 Å². The van der Waals surface area contributed by atoms with E-state index in [1.54, 1.807) is 6.92 Å². The summed E-state index contributed by atoms with van der Waals surface area (Å²) >= 11 is 0. The minimum atomic E-state index is -1.01. The molecule has 0 aliphatic carbocycles. The second-order valence-corrected chi connectivity index (χ2v) is 4.52. The molecule has 0 aliphatic heterocycles. The quantitative estimate of drug-likeness (QED) is 0.739. The van der Waals surface area contributed by atoms with Crippen molar-refractivity contribution in [3.8, 4) is 0 Å². The molecule has 1 rings (SSSR count). The number of carbonyl (C=O) groups is 1. The average Bonchev–Trinajstić information content (AvgIpc) is 2.34. The fourth-order valence-electron chi connectivity index (χ4n) is 2.02. The van der Waals surface area contributed by atoms with Crippen molar-refractivity contribution in [2.75, 3.05) is 6.61 Å². The predicted octanol–water partition coefficient (Wildman–Crippen LogP) is 2.04. The van der Waals surface area contributed by atoms with Crippen LogP contribution in [0, 0.1) is 5.92 Å². The molecule has 6 heteroatoms. The highest BCUT2D eigenvalue weighted by atomic mass is 31.1. The summed E-state index contributed by atoms with van der Waals surface area (Å²) in [6.07, 6.45) is 0. The van der Waals surface area contributed by atoms with Gasteiger partial charge in [-0.25, -0.2) is 4.57 Å². The molecule has 0 amide bonds. The van der Waals surface area contributed by atoms with Crippen LogP contribution < -0.4 is 5.73 Å². The molecule has 1 aromatic rings. The molecule has 3 unspecified atom stereocenters. The molecule has 98 valence electrons. The molecule has 18 heavy (non-hydrogen) atoms. The SMILES string of the molecule is CC(N)C(c1ccccc1)C(COP=O)C(=O)O. The standard InChI is InChI=1S/C12H16NO4P/c1-8(13)11(9-5-3-2-4-6-9)10(12(14)15)7-17-18-16/h2-6,8,10-11H,7,13H2,1H3,(H,14,15). The van der Waals surface area contributed by atoms with Gasteiger partial charge >= 0.3 is 14.7 Å². The molecule has 0 spiro atoms. The highest BCUT2D eigenvalue weighted by Crippen LogP contribution is 2.28. The number of hydrogen-bond acceptors (Lipinski definition) is 4. The zero-order valence-corrected chi connectivity index (χ0v) is 10.9. The summed E-state index contributed by atoms with van der Waals surface area (Å²) in [6.45, 7) is 1.62. The van der Waals surface area contributed by atoms with Gasteiger partial charge in [0.25, 0.3) is 0 Å². The smallest absolute Gasteiger partial charge is 0.327 e. The summed E-state index contributed by atoms with van der Waals surface area (Å²) in [5.41, 5.74) is 6.72. The van der Waals surface area contributed by atoms with Crippen molar-refractivity contribution in [2.45, 2.75) is 18.9 Å². The van der Waals surface area contributed by atoms with Crippen molar-refractivity contribution in [3.63, 3.8) is 0 Å². The monoisotopic (exact) mass is 269 g/mol. The van der Waals surface area contributed by atoms with Gasteiger partial charge in [-0.15, -0.1) is 0 Å². The first kappa shape index (κ1) is 14.8. The van der Waals surface area contributed by atoms with Crippen LogP contribution in [-0.2, 0) is 13.9 Å². The van der Waals surface area contributed by atoms with Crippen molar-refractivity contribution < 1.29 is 19.0 Å². The molecule has 0 bridgehead atoms. The lowest BCUT2D eigenvalue weighted by atomic mass is 9.82. The molecule has 3 atom stereocenters. The van der Waals surface area contributed by atoms with Crippen LogP contribution in [0.3, 0.4) is 0 Å². The van der Waals surface area contributed by atoms with Gasteiger partial charge in [-0.05, 0) is 12.5 Å². The van der Waals surface area contributed by atoms with Crippen molar-refractivity contribution in [1.82, 2.24) is 0 Å². The number of aliphatic carboxylic acids is 1. The Labute approximate surface area is 107 Å². The second kappa shape index (κ2) is 7.21. The van der Waals surface area contributed by atoms with Crippen LogP contribution in [0.25, 0.3) is 0 Å². The molecule has 0 radical (unpaired) electrons. The van der Waals surface area contributed by atoms with Gasteiger partial charge in [0, 0.05) is 12.0 Å². The van der Waals surface area contributed by atoms with E-state index in [0.29, 0.717) is 0 Å². The number of nitrogens with two attached hydrogens (primary N) is 1. The van der Waals surface area contributed by atoms with Crippen LogP contribution >= 0.6 is 8.69 Å². The maximum atomic E-state index is 11.3. The normalized spacial score (nSPS) is 16.1. The zero-order valence-electron chi connectivity index (χ0n) is 10.0. The van der Waals surface area contributed by atoms with E-state index in [-0.39, 0.29) is 18.6 Å². The zero-order chi connectivity index (χ0) is 13.5. The fraction of sp³-hybridized carbons (Fsp3) is 0.417. The summed E-state index contributed by atoms with van der Waals surface area (Å²) in [5.74, 6) is -2.22. The first-order valence-corrected chi connectivity index (χ1v) is 6.29. The highest BCUT2D eigenvalue weighted by molar-refractivity contribution is 7.17. The third-order valence-corrected chi connectivity index (χ3v) is 3.06. The Morgan fingerprint density at radius 1 is 1.44 bits per heavy atom. The third-order valence-electron chi connectivity index (χ3n) is 2.81. The van der Waals surface area contributed by atoms with Crippen LogP contribution in [0.4, 0.5) is 0 Å². The first-order valence-electron chi connectivity index (χ1n) is 5.56. The number of rotatable bonds is 7. The van der Waals surface area contributed by atoms with E-state index in [1.165, 1.54) is 0 Å². The fourth-order valence-corrected chi connectivity index (χ4v) is 2.24. The number of hydrogen-bond donors (Lipinski definition) is 2. The lowest BCUT2D eigenvalue weighted by Crippen LogP contribution is -2.36. The Bertz CT molecular complexity index is 396. The molecule has 0 aliphatic rings. The van der Waals surface area contributed by atoms with Gasteiger partial charge in [0.05, 0.1) is 12.5 Å². The Hall–Kier alpha value is -1.29. The summed E-state index contributed by atoms with van der Waals surface area (Å²) in [7, 11) is -0.525. The number of carboxylic acids is 1. The third kappa shape index (κ3) is 3.88. The van der Waals surface area contributed by atoms with Crippen molar-refractivity contribution in [1.29, 1.82) is 0 Å². The van der Waals surface area contributed by atoms with Crippen LogP contribution in [-0.4, -0.2) is 23.7 Å². The van der Waals surface area contributed by atoms with E-state index >= 15 is 0 Å². The topological polar surface area (TPSA) is 89.6 Å². The van der Waals surface area contributed by atoms with Crippen LogP contribution in [0.2, 0.25) is 0 Å². The van der Waals surface area contributed by atoms with E-state index < -0.39 is 20.6 Å². The molecule has 0 aromatic heterocycles. The van der Waals surface area contributed by atoms with E-state index in [2.05, 4.69) is 4.52 Å². The Kier molecular flexibility index (Phi) is 5.92. The second-order valence-electron chi connectivity index (χ2n) is 4.11. The Morgan fingerprint density at radius 3 is 2.50 bits per heavy atom. The van der Waals surface area contributed by atoms with Gasteiger partial charge in [-0.3, -0.25) is 9.32 Å². The van der Waals surface area contributed by atoms with E-state index in [9.17, 15) is 14.5 Å². The predicted molar refractivity (Wildman–Crippen MR) is 67.5 cm³/mol. The lowest BCUT2D eigenvalue weighted by Gasteiger charge is -2.26. The number of carboxylic acid groups (broad SMARTS) is 1. The molecular weight excluding hydrogens is 253 g/mol. The van der Waals surface area contributed by atoms with Crippen molar-refractivity contribution in [3.05, 3.63) is 35.9 Å². The summed E-state index contributed by atoms with van der Waals surface area (Å²) < 4.78 is 15.0. The molecule has 3 N–H and O–H groups in total. The Morgan fingerprint density at radius 2 is 2.06 bits per heavy atom. The minimum Gasteiger partial charge on any atom is -0.481 e. The molecule has 0 heterocycles. The summed E-state index contributed by atoms with van der Waals surface area (Å²) in [5, 5.41) is 9.24. The Balaban J connectivity index is 3.01. The highest BCUT2D eigenvalue weighted by Gasteiger charge is 2.32. The van der Waals surface area contributed by atoms with Crippen LogP contribution in [0.1, 0.15) is 18.4 Å². The molecule has 1 aromatic carbocycles. The molecule has 0 saturated carbocycles. The van der Waals surface area contributed by atoms with E-state index in [4.69, 9.17) is 5.73 Å². The lowest BCUT2D eigenvalue weighted by molar-refractivity contribution is -0.143. The van der Waals surface area contributed by atoms with Gasteiger partial charge in [0.15, 0.2) is 0 Å².